The molecule has 0 radical (unpaired) electrons. The van der Waals surface area contributed by atoms with Crippen LogP contribution in [0.3, 0.4) is 0 Å². The fourth-order valence-electron chi connectivity index (χ4n) is 2.86. The summed E-state index contributed by atoms with van der Waals surface area (Å²) in [6, 6.07) is 21.9. The molecular weight excluding hydrogens is 324 g/mol. The van der Waals surface area contributed by atoms with Gasteiger partial charge in [0.05, 0.1) is 19.0 Å². The zero-order valence-electron chi connectivity index (χ0n) is 14.5. The topological polar surface area (TPSA) is 48.9 Å². The minimum absolute atomic E-state index is 0.585. The van der Waals surface area contributed by atoms with E-state index in [1.165, 1.54) is 0 Å². The van der Waals surface area contributed by atoms with E-state index in [0.717, 1.165) is 39.0 Å². The number of benzene rings is 2. The second kappa shape index (κ2) is 7.23. The number of nitrogens with one attached hydrogen (secondary N) is 1. The first kappa shape index (κ1) is 16.1. The second-order valence-electron chi connectivity index (χ2n) is 5.95. The normalized spacial score (nSPS) is 11.7. The molecule has 4 nitrogen and oxygen atoms in total. The number of methoxy groups -OCH3 is 1. The molecule has 0 saturated carbocycles. The quantitative estimate of drug-likeness (QED) is 0.562. The lowest BCUT2D eigenvalue weighted by Crippen LogP contribution is -2.06. The molecule has 26 heavy (non-hydrogen) atoms. The summed E-state index contributed by atoms with van der Waals surface area (Å²) >= 11 is 0. The number of aromatic amines is 1. The average Bonchev–Trinajstić information content (AvgIpc) is 2.73. The molecular formula is C22H19N2O2+. The van der Waals surface area contributed by atoms with Crippen molar-refractivity contribution in [2.24, 2.45) is 4.99 Å². The smallest absolute Gasteiger partial charge is 0.172 e. The highest BCUT2D eigenvalue weighted by Crippen LogP contribution is 2.24. The fraction of sp³-hybridized carbons (Fsp3) is 0.0909. The van der Waals surface area contributed by atoms with Gasteiger partial charge in [0.15, 0.2) is 12.4 Å². The van der Waals surface area contributed by atoms with Crippen LogP contribution in [0.2, 0.25) is 0 Å². The maximum absolute atomic E-state index is 6.12. The molecule has 1 N–H and O–H groups in total. The number of aromatic nitrogens is 1. The number of rotatable bonds is 4. The lowest BCUT2D eigenvalue weighted by molar-refractivity contribution is -0.378. The number of nitrogens with zero attached hydrogens (tertiary/aromatic N) is 1. The Balaban J connectivity index is 1.89. The Morgan fingerprint density at radius 3 is 2.65 bits per heavy atom. The Hall–Kier alpha value is -3.40. The zero-order valence-corrected chi connectivity index (χ0v) is 14.5. The maximum atomic E-state index is 6.12. The van der Waals surface area contributed by atoms with E-state index < -0.39 is 0 Å². The minimum atomic E-state index is 0.585. The highest BCUT2D eigenvalue weighted by atomic mass is 16.5. The van der Waals surface area contributed by atoms with Crippen LogP contribution < -0.4 is 15.1 Å². The van der Waals surface area contributed by atoms with Crippen LogP contribution in [-0.2, 0) is 6.54 Å². The van der Waals surface area contributed by atoms with Crippen LogP contribution in [0.1, 0.15) is 5.56 Å². The molecule has 128 valence electrons. The summed E-state index contributed by atoms with van der Waals surface area (Å²) < 4.78 is 11.5. The molecule has 4 rings (SSSR count). The van der Waals surface area contributed by atoms with Crippen molar-refractivity contribution in [3.05, 3.63) is 90.0 Å². The van der Waals surface area contributed by atoms with Gasteiger partial charge >= 0.3 is 0 Å². The Morgan fingerprint density at radius 1 is 1.00 bits per heavy atom. The van der Waals surface area contributed by atoms with Gasteiger partial charge in [-0.2, -0.15) is 0 Å². The number of H-pyrrole nitrogens is 1. The standard InChI is InChI=1S/C22H18N2O2/c1-25-18-9-10-21-19(12-18)20(24-15-16-6-5-11-23-14-16)13-22(26-21)17-7-3-2-4-8-17/h2-14H,15H2,1H3/p+1. The average molecular weight is 343 g/mol. The molecule has 0 aliphatic rings. The largest absolute Gasteiger partial charge is 0.497 e. The molecule has 0 spiro atoms. The third-order valence-electron chi connectivity index (χ3n) is 4.21. The van der Waals surface area contributed by atoms with Gasteiger partial charge in [-0.15, -0.1) is 0 Å². The van der Waals surface area contributed by atoms with E-state index in [-0.39, 0.29) is 0 Å². The molecule has 0 amide bonds. The van der Waals surface area contributed by atoms with Crippen molar-refractivity contribution in [3.8, 4) is 17.1 Å². The van der Waals surface area contributed by atoms with Gasteiger partial charge in [-0.25, -0.2) is 4.98 Å². The third kappa shape index (κ3) is 3.35. The Morgan fingerprint density at radius 2 is 1.88 bits per heavy atom. The molecule has 0 bridgehead atoms. The molecule has 0 aliphatic heterocycles. The van der Waals surface area contributed by atoms with E-state index in [0.29, 0.717) is 6.54 Å². The maximum Gasteiger partial charge on any atom is 0.172 e. The lowest BCUT2D eigenvalue weighted by Gasteiger charge is -2.07. The van der Waals surface area contributed by atoms with Gasteiger partial charge < -0.3 is 9.15 Å². The van der Waals surface area contributed by atoms with Crippen LogP contribution in [-0.4, -0.2) is 7.11 Å². The predicted octanol–water partition coefficient (Wildman–Crippen LogP) is 4.02. The van der Waals surface area contributed by atoms with Crippen molar-refractivity contribution >= 4 is 11.0 Å². The van der Waals surface area contributed by atoms with Crippen LogP contribution in [0.5, 0.6) is 5.75 Å². The highest BCUT2D eigenvalue weighted by Gasteiger charge is 2.07. The number of ether oxygens (including phenoxy) is 1. The first-order valence-corrected chi connectivity index (χ1v) is 8.46. The van der Waals surface area contributed by atoms with Crippen LogP contribution in [0.4, 0.5) is 0 Å². The highest BCUT2D eigenvalue weighted by molar-refractivity contribution is 5.80. The number of fused-ring (bicyclic) bond motifs is 1. The van der Waals surface area contributed by atoms with Crippen molar-refractivity contribution in [1.29, 1.82) is 0 Å². The summed E-state index contributed by atoms with van der Waals surface area (Å²) in [6.07, 6.45) is 3.84. The molecule has 0 fully saturated rings. The summed E-state index contributed by atoms with van der Waals surface area (Å²) in [5, 5.41) is 1.82. The summed E-state index contributed by atoms with van der Waals surface area (Å²) in [7, 11) is 1.66. The molecule has 4 aromatic rings. The summed E-state index contributed by atoms with van der Waals surface area (Å²) in [5.74, 6) is 1.58. The second-order valence-corrected chi connectivity index (χ2v) is 5.95. The van der Waals surface area contributed by atoms with Gasteiger partial charge in [-0.1, -0.05) is 30.3 Å². The summed E-state index contributed by atoms with van der Waals surface area (Å²) in [4.78, 5) is 7.92. The van der Waals surface area contributed by atoms with Gasteiger partial charge in [-0.3, -0.25) is 4.99 Å². The first-order chi connectivity index (χ1) is 12.8. The van der Waals surface area contributed by atoms with Crippen molar-refractivity contribution < 1.29 is 14.1 Å². The van der Waals surface area contributed by atoms with Crippen molar-refractivity contribution in [2.75, 3.05) is 7.11 Å². The van der Waals surface area contributed by atoms with Gasteiger partial charge in [0.2, 0.25) is 0 Å². The van der Waals surface area contributed by atoms with Gasteiger partial charge in [0, 0.05) is 28.6 Å². The zero-order chi connectivity index (χ0) is 17.8. The van der Waals surface area contributed by atoms with Crippen LogP contribution in [0, 0.1) is 0 Å². The van der Waals surface area contributed by atoms with E-state index in [2.05, 4.69) is 4.98 Å². The SMILES string of the molecule is COc1ccc2oc(-c3ccccc3)cc(=NCc3ccc[nH+]c3)c2c1. The van der Waals surface area contributed by atoms with Gasteiger partial charge in [0.25, 0.3) is 0 Å². The minimum Gasteiger partial charge on any atom is -0.497 e. The third-order valence-corrected chi connectivity index (χ3v) is 4.21. The van der Waals surface area contributed by atoms with E-state index >= 15 is 0 Å². The van der Waals surface area contributed by atoms with E-state index in [1.807, 2.05) is 79.1 Å². The first-order valence-electron chi connectivity index (χ1n) is 8.46. The van der Waals surface area contributed by atoms with Crippen molar-refractivity contribution in [3.63, 3.8) is 0 Å². The van der Waals surface area contributed by atoms with E-state index in [4.69, 9.17) is 14.1 Å². The summed E-state index contributed by atoms with van der Waals surface area (Å²) in [5.41, 5.74) is 2.92. The Kier molecular flexibility index (Phi) is 4.48. The number of hydrogen-bond acceptors (Lipinski definition) is 3. The molecule has 0 aliphatic carbocycles. The van der Waals surface area contributed by atoms with Crippen molar-refractivity contribution in [1.82, 2.24) is 0 Å². The van der Waals surface area contributed by atoms with Crippen LogP contribution >= 0.6 is 0 Å². The van der Waals surface area contributed by atoms with Crippen LogP contribution in [0.15, 0.2) is 88.5 Å². The summed E-state index contributed by atoms with van der Waals surface area (Å²) in [6.45, 7) is 0.585. The lowest BCUT2D eigenvalue weighted by atomic mass is 10.1. The predicted molar refractivity (Wildman–Crippen MR) is 100 cm³/mol. The monoisotopic (exact) mass is 343 g/mol. The van der Waals surface area contributed by atoms with Gasteiger partial charge in [0.1, 0.15) is 17.1 Å². The van der Waals surface area contributed by atoms with Crippen LogP contribution in [0.25, 0.3) is 22.3 Å². The van der Waals surface area contributed by atoms with Crippen molar-refractivity contribution in [2.45, 2.75) is 6.54 Å². The van der Waals surface area contributed by atoms with Gasteiger partial charge in [-0.05, 0) is 24.3 Å². The fourth-order valence-corrected chi connectivity index (χ4v) is 2.86. The molecule has 4 heteroatoms. The van der Waals surface area contributed by atoms with E-state index in [9.17, 15) is 0 Å². The number of hydrogen-bond donors (Lipinski definition) is 0. The molecule has 2 heterocycles. The molecule has 2 aromatic heterocycles. The Bertz CT molecular complexity index is 1090. The Labute approximate surface area is 151 Å². The number of pyridine rings is 1. The molecule has 2 aromatic carbocycles. The molecule has 0 unspecified atom stereocenters. The molecule has 0 saturated heterocycles. The molecule has 0 atom stereocenters. The van der Waals surface area contributed by atoms with E-state index in [1.54, 1.807) is 7.11 Å².